The third kappa shape index (κ3) is 3.39. The number of nitrogens with two attached hydrogens (primary N) is 1. The molecule has 0 aliphatic carbocycles. The van der Waals surface area contributed by atoms with Gasteiger partial charge in [0.1, 0.15) is 5.82 Å². The van der Waals surface area contributed by atoms with Crippen LogP contribution in [0.25, 0.3) is 0 Å². The fourth-order valence-electron chi connectivity index (χ4n) is 1.50. The molecule has 98 valence electrons. The van der Waals surface area contributed by atoms with Gasteiger partial charge in [0.25, 0.3) is 5.91 Å². The van der Waals surface area contributed by atoms with Gasteiger partial charge in [0, 0.05) is 16.8 Å². The van der Waals surface area contributed by atoms with Crippen LogP contribution in [0.2, 0.25) is 5.02 Å². The van der Waals surface area contributed by atoms with Gasteiger partial charge in [-0.25, -0.2) is 4.98 Å². The summed E-state index contributed by atoms with van der Waals surface area (Å²) in [7, 11) is 0. The van der Waals surface area contributed by atoms with Crippen molar-refractivity contribution in [2.24, 2.45) is 0 Å². The number of rotatable bonds is 3. The summed E-state index contributed by atoms with van der Waals surface area (Å²) < 4.78 is 0. The highest BCUT2D eigenvalue weighted by molar-refractivity contribution is 7.98. The number of nitrogens with zero attached hydrogens (tertiary/aromatic N) is 1. The molecule has 4 nitrogen and oxygen atoms in total. The molecule has 0 unspecified atom stereocenters. The molecular weight excluding hydrogens is 282 g/mol. The molecule has 3 N–H and O–H groups in total. The van der Waals surface area contributed by atoms with E-state index in [2.05, 4.69) is 10.3 Å². The number of nitrogens with one attached hydrogen (secondary N) is 1. The number of hydrogen-bond donors (Lipinski definition) is 2. The SMILES string of the molecule is CSc1ccc(NC(=O)c2cc(N)ncc2Cl)cc1. The molecule has 0 saturated heterocycles. The highest BCUT2D eigenvalue weighted by Gasteiger charge is 2.11. The standard InChI is InChI=1S/C13H12ClN3OS/c1-19-9-4-2-8(3-5-9)17-13(18)10-6-12(15)16-7-11(10)14/h2-7H,1H3,(H2,15,16)(H,17,18). The molecule has 0 aliphatic heterocycles. The highest BCUT2D eigenvalue weighted by atomic mass is 35.5. The van der Waals surface area contributed by atoms with Gasteiger partial charge in [-0.1, -0.05) is 11.6 Å². The summed E-state index contributed by atoms with van der Waals surface area (Å²) in [6, 6.07) is 8.99. The third-order valence-corrected chi connectivity index (χ3v) is 3.51. The van der Waals surface area contributed by atoms with Gasteiger partial charge < -0.3 is 11.1 Å². The van der Waals surface area contributed by atoms with Gasteiger partial charge in [-0.05, 0) is 36.6 Å². The molecule has 2 aromatic rings. The Morgan fingerprint density at radius 1 is 1.37 bits per heavy atom. The summed E-state index contributed by atoms with van der Waals surface area (Å²) in [4.78, 5) is 17.0. The molecule has 0 radical (unpaired) electrons. The van der Waals surface area contributed by atoms with Gasteiger partial charge in [0.2, 0.25) is 0 Å². The fraction of sp³-hybridized carbons (Fsp3) is 0.0769. The zero-order chi connectivity index (χ0) is 13.8. The lowest BCUT2D eigenvalue weighted by molar-refractivity contribution is 0.102. The molecule has 0 aliphatic rings. The van der Waals surface area contributed by atoms with E-state index < -0.39 is 0 Å². The third-order valence-electron chi connectivity index (χ3n) is 2.47. The van der Waals surface area contributed by atoms with Gasteiger partial charge >= 0.3 is 0 Å². The zero-order valence-corrected chi connectivity index (χ0v) is 11.8. The van der Waals surface area contributed by atoms with Gasteiger partial charge in [0.15, 0.2) is 0 Å². The minimum absolute atomic E-state index is 0.257. The predicted octanol–water partition coefficient (Wildman–Crippen LogP) is 3.29. The number of aromatic nitrogens is 1. The van der Waals surface area contributed by atoms with Crippen molar-refractivity contribution >= 4 is 40.8 Å². The largest absolute Gasteiger partial charge is 0.384 e. The molecule has 19 heavy (non-hydrogen) atoms. The first kappa shape index (κ1) is 13.7. The monoisotopic (exact) mass is 293 g/mol. The normalized spacial score (nSPS) is 10.2. The van der Waals surface area contributed by atoms with E-state index in [-0.39, 0.29) is 16.7 Å². The number of anilines is 2. The Morgan fingerprint density at radius 3 is 2.68 bits per heavy atom. The Morgan fingerprint density at radius 2 is 2.05 bits per heavy atom. The van der Waals surface area contributed by atoms with Crippen molar-refractivity contribution in [3.8, 4) is 0 Å². The zero-order valence-electron chi connectivity index (χ0n) is 10.2. The average Bonchev–Trinajstić information content (AvgIpc) is 2.42. The summed E-state index contributed by atoms with van der Waals surface area (Å²) in [6.45, 7) is 0. The molecule has 1 amide bonds. The van der Waals surface area contributed by atoms with Gasteiger partial charge in [-0.15, -0.1) is 11.8 Å². The highest BCUT2D eigenvalue weighted by Crippen LogP contribution is 2.20. The van der Waals surface area contributed by atoms with Crippen molar-refractivity contribution in [1.29, 1.82) is 0 Å². The van der Waals surface area contributed by atoms with Crippen LogP contribution in [0.3, 0.4) is 0 Å². The first-order valence-electron chi connectivity index (χ1n) is 5.46. The van der Waals surface area contributed by atoms with Crippen molar-refractivity contribution in [1.82, 2.24) is 4.98 Å². The molecule has 0 bridgehead atoms. The van der Waals surface area contributed by atoms with Crippen LogP contribution in [-0.2, 0) is 0 Å². The van der Waals surface area contributed by atoms with Crippen LogP contribution in [0, 0.1) is 0 Å². The fourth-order valence-corrected chi connectivity index (χ4v) is 2.10. The summed E-state index contributed by atoms with van der Waals surface area (Å²) in [5.74, 6) is -0.0525. The molecule has 6 heteroatoms. The maximum absolute atomic E-state index is 12.1. The summed E-state index contributed by atoms with van der Waals surface area (Å²) in [5, 5.41) is 3.03. The van der Waals surface area contributed by atoms with Crippen molar-refractivity contribution in [3.63, 3.8) is 0 Å². The number of nitrogen functional groups attached to an aromatic ring is 1. The van der Waals surface area contributed by atoms with Gasteiger partial charge in [-0.3, -0.25) is 4.79 Å². The van der Waals surface area contributed by atoms with E-state index >= 15 is 0 Å². The number of hydrogen-bond acceptors (Lipinski definition) is 4. The second-order valence-electron chi connectivity index (χ2n) is 3.77. The second-order valence-corrected chi connectivity index (χ2v) is 5.06. The minimum Gasteiger partial charge on any atom is -0.384 e. The predicted molar refractivity (Wildman–Crippen MR) is 79.8 cm³/mol. The van der Waals surface area contributed by atoms with Crippen molar-refractivity contribution in [3.05, 3.63) is 47.1 Å². The maximum atomic E-state index is 12.1. The lowest BCUT2D eigenvalue weighted by Gasteiger charge is -2.07. The van der Waals surface area contributed by atoms with E-state index in [1.807, 2.05) is 30.5 Å². The number of halogens is 1. The van der Waals surface area contributed by atoms with Crippen LogP contribution in [0.5, 0.6) is 0 Å². The van der Waals surface area contributed by atoms with Crippen LogP contribution in [0.4, 0.5) is 11.5 Å². The molecule has 1 heterocycles. The van der Waals surface area contributed by atoms with Gasteiger partial charge in [-0.2, -0.15) is 0 Å². The number of carbonyl (C=O) groups excluding carboxylic acids is 1. The topological polar surface area (TPSA) is 68.0 Å². The first-order chi connectivity index (χ1) is 9.10. The van der Waals surface area contributed by atoms with E-state index in [4.69, 9.17) is 17.3 Å². The van der Waals surface area contributed by atoms with E-state index in [1.165, 1.54) is 12.3 Å². The van der Waals surface area contributed by atoms with E-state index in [0.29, 0.717) is 11.3 Å². The molecule has 0 atom stereocenters. The average molecular weight is 294 g/mol. The summed E-state index contributed by atoms with van der Waals surface area (Å²) in [5.41, 5.74) is 6.56. The number of pyridine rings is 1. The quantitative estimate of drug-likeness (QED) is 0.852. The number of thioether (sulfide) groups is 1. The van der Waals surface area contributed by atoms with Crippen molar-refractivity contribution < 1.29 is 4.79 Å². The van der Waals surface area contributed by atoms with Crippen molar-refractivity contribution in [2.75, 3.05) is 17.3 Å². The molecule has 1 aromatic heterocycles. The first-order valence-corrected chi connectivity index (χ1v) is 7.07. The summed E-state index contributed by atoms with van der Waals surface area (Å²) in [6.07, 6.45) is 3.36. The Hall–Kier alpha value is -1.72. The Bertz CT molecular complexity index is 601. The number of carbonyl (C=O) groups is 1. The molecule has 0 spiro atoms. The van der Waals surface area contributed by atoms with E-state index in [1.54, 1.807) is 11.8 Å². The second kappa shape index (κ2) is 5.95. The molecule has 1 aromatic carbocycles. The van der Waals surface area contributed by atoms with Crippen LogP contribution in [0.15, 0.2) is 41.4 Å². The van der Waals surface area contributed by atoms with Crippen LogP contribution in [0.1, 0.15) is 10.4 Å². The smallest absolute Gasteiger partial charge is 0.257 e. The van der Waals surface area contributed by atoms with Crippen LogP contribution >= 0.6 is 23.4 Å². The van der Waals surface area contributed by atoms with E-state index in [9.17, 15) is 4.79 Å². The lowest BCUT2D eigenvalue weighted by Crippen LogP contribution is -2.13. The molecular formula is C13H12ClN3OS. The molecule has 2 rings (SSSR count). The Kier molecular flexibility index (Phi) is 4.29. The maximum Gasteiger partial charge on any atom is 0.257 e. The number of benzene rings is 1. The Balaban J connectivity index is 2.18. The number of amides is 1. The molecule has 0 saturated carbocycles. The lowest BCUT2D eigenvalue weighted by atomic mass is 10.2. The van der Waals surface area contributed by atoms with E-state index in [0.717, 1.165) is 4.90 Å². The van der Waals surface area contributed by atoms with Crippen LogP contribution < -0.4 is 11.1 Å². The van der Waals surface area contributed by atoms with Gasteiger partial charge in [0.05, 0.1) is 10.6 Å². The van der Waals surface area contributed by atoms with Crippen molar-refractivity contribution in [2.45, 2.75) is 4.90 Å². The minimum atomic E-state index is -0.309. The Labute approximate surface area is 120 Å². The summed E-state index contributed by atoms with van der Waals surface area (Å²) >= 11 is 7.56. The molecule has 0 fully saturated rings. The van der Waals surface area contributed by atoms with Crippen LogP contribution in [-0.4, -0.2) is 17.1 Å².